The monoisotopic (exact) mass is 469 g/mol. The molecular weight excluding hydrogens is 441 g/mol. The van der Waals surface area contributed by atoms with Crippen LogP contribution in [0.2, 0.25) is 0 Å². The fraction of sp³-hybridized carbons (Fsp3) is 0.167. The Hall–Kier alpha value is -4.12. The molecule has 0 saturated carbocycles. The molecule has 4 rings (SSSR count). The molecule has 0 heterocycles. The van der Waals surface area contributed by atoms with Crippen LogP contribution in [0.15, 0.2) is 97.1 Å². The van der Waals surface area contributed by atoms with Crippen LogP contribution in [0.4, 0.5) is 10.1 Å². The molecule has 0 aliphatic rings. The molecule has 0 unspecified atom stereocenters. The fourth-order valence-electron chi connectivity index (χ4n) is 3.65. The van der Waals surface area contributed by atoms with Gasteiger partial charge in [0.25, 0.3) is 5.91 Å². The molecule has 4 aromatic rings. The van der Waals surface area contributed by atoms with Crippen LogP contribution in [0.3, 0.4) is 0 Å². The predicted molar refractivity (Wildman–Crippen MR) is 136 cm³/mol. The highest BCUT2D eigenvalue weighted by Gasteiger charge is 2.20. The molecule has 5 heteroatoms. The first kappa shape index (κ1) is 24.0. The Balaban J connectivity index is 1.66. The lowest BCUT2D eigenvalue weighted by atomic mass is 9.98. The first-order chi connectivity index (χ1) is 17.0. The largest absolute Gasteiger partial charge is 0.488 e. The highest BCUT2D eigenvalue weighted by molar-refractivity contribution is 6.06. The quantitative estimate of drug-likeness (QED) is 0.279. The van der Waals surface area contributed by atoms with Gasteiger partial charge in [0.05, 0.1) is 5.56 Å². The Kier molecular flexibility index (Phi) is 7.78. The number of hydrogen-bond donors (Lipinski definition) is 1. The first-order valence-corrected chi connectivity index (χ1v) is 11.6. The highest BCUT2D eigenvalue weighted by Crippen LogP contribution is 2.35. The number of hydrogen-bond acceptors (Lipinski definition) is 3. The van der Waals surface area contributed by atoms with E-state index in [0.29, 0.717) is 36.0 Å². The zero-order valence-electron chi connectivity index (χ0n) is 19.8. The molecule has 0 saturated heterocycles. The second-order valence-electron chi connectivity index (χ2n) is 8.55. The van der Waals surface area contributed by atoms with E-state index < -0.39 is 0 Å². The first-order valence-electron chi connectivity index (χ1n) is 11.6. The molecule has 1 N–H and O–H groups in total. The number of amides is 1. The summed E-state index contributed by atoms with van der Waals surface area (Å²) >= 11 is 0. The van der Waals surface area contributed by atoms with E-state index in [0.717, 1.165) is 16.7 Å². The minimum Gasteiger partial charge on any atom is -0.488 e. The Morgan fingerprint density at radius 2 is 1.31 bits per heavy atom. The summed E-state index contributed by atoms with van der Waals surface area (Å²) in [6.45, 7) is 4.81. The second-order valence-corrected chi connectivity index (χ2v) is 8.55. The summed E-state index contributed by atoms with van der Waals surface area (Å²) < 4.78 is 25.6. The van der Waals surface area contributed by atoms with Crippen molar-refractivity contribution in [2.45, 2.75) is 33.0 Å². The van der Waals surface area contributed by atoms with Gasteiger partial charge in [-0.15, -0.1) is 0 Å². The Bertz CT molecular complexity index is 1260. The molecule has 0 aliphatic heterocycles. The minimum absolute atomic E-state index is 0.112. The minimum atomic E-state index is -0.364. The number of nitrogens with one attached hydrogen (secondary N) is 1. The van der Waals surface area contributed by atoms with E-state index in [1.165, 1.54) is 24.3 Å². The summed E-state index contributed by atoms with van der Waals surface area (Å²) in [5, 5.41) is 2.84. The maximum atomic E-state index is 13.3. The van der Waals surface area contributed by atoms with Crippen molar-refractivity contribution < 1.29 is 18.7 Å². The molecule has 4 nitrogen and oxygen atoms in total. The standard InChI is InChI=1S/C30H28FNO3/c1-21(2)26-17-27(30(33)32-25-15-13-24(31)14-16-25)29(35-20-23-11-7-4-8-12-23)18-28(26)34-19-22-9-5-3-6-10-22/h3-18,21H,19-20H2,1-2H3,(H,32,33). The van der Waals surface area contributed by atoms with Crippen LogP contribution in [0, 0.1) is 5.82 Å². The predicted octanol–water partition coefficient (Wildman–Crippen LogP) is 7.36. The second kappa shape index (κ2) is 11.3. The van der Waals surface area contributed by atoms with Crippen molar-refractivity contribution in [1.82, 2.24) is 0 Å². The Labute approximate surface area is 205 Å². The van der Waals surface area contributed by atoms with Crippen LogP contribution < -0.4 is 14.8 Å². The molecule has 0 aliphatic carbocycles. The van der Waals surface area contributed by atoms with E-state index in [-0.39, 0.29) is 17.6 Å². The van der Waals surface area contributed by atoms with Gasteiger partial charge in [0.15, 0.2) is 0 Å². The van der Waals surface area contributed by atoms with Gasteiger partial charge in [0.1, 0.15) is 30.5 Å². The summed E-state index contributed by atoms with van der Waals surface area (Å²) in [6, 6.07) is 29.0. The van der Waals surface area contributed by atoms with E-state index in [9.17, 15) is 9.18 Å². The van der Waals surface area contributed by atoms with Gasteiger partial charge < -0.3 is 14.8 Å². The molecule has 0 aromatic heterocycles. The van der Waals surface area contributed by atoms with Crippen molar-refractivity contribution in [3.05, 3.63) is 125 Å². The average molecular weight is 470 g/mol. The van der Waals surface area contributed by atoms with Gasteiger partial charge in [0.2, 0.25) is 0 Å². The number of halogens is 1. The van der Waals surface area contributed by atoms with Crippen molar-refractivity contribution in [1.29, 1.82) is 0 Å². The van der Waals surface area contributed by atoms with E-state index in [1.807, 2.05) is 66.7 Å². The smallest absolute Gasteiger partial charge is 0.259 e. The zero-order valence-corrected chi connectivity index (χ0v) is 19.8. The molecule has 1 amide bonds. The third-order valence-electron chi connectivity index (χ3n) is 5.56. The van der Waals surface area contributed by atoms with Crippen LogP contribution in [-0.4, -0.2) is 5.91 Å². The Morgan fingerprint density at radius 1 is 0.771 bits per heavy atom. The van der Waals surface area contributed by atoms with Crippen molar-refractivity contribution in [2.24, 2.45) is 0 Å². The van der Waals surface area contributed by atoms with Gasteiger partial charge in [-0.05, 0) is 52.9 Å². The molecule has 4 aromatic carbocycles. The van der Waals surface area contributed by atoms with Crippen LogP contribution in [0.25, 0.3) is 0 Å². The van der Waals surface area contributed by atoms with Crippen molar-refractivity contribution >= 4 is 11.6 Å². The number of rotatable bonds is 9. The molecular formula is C30H28FNO3. The number of carbonyl (C=O) groups excluding carboxylic acids is 1. The lowest BCUT2D eigenvalue weighted by molar-refractivity contribution is 0.102. The third kappa shape index (κ3) is 6.48. The highest BCUT2D eigenvalue weighted by atomic mass is 19.1. The molecule has 35 heavy (non-hydrogen) atoms. The molecule has 0 atom stereocenters. The normalized spacial score (nSPS) is 10.7. The number of carbonyl (C=O) groups is 1. The van der Waals surface area contributed by atoms with Crippen LogP contribution in [0.1, 0.15) is 46.8 Å². The average Bonchev–Trinajstić information content (AvgIpc) is 2.88. The van der Waals surface area contributed by atoms with E-state index in [4.69, 9.17) is 9.47 Å². The maximum absolute atomic E-state index is 13.3. The SMILES string of the molecule is CC(C)c1cc(C(=O)Nc2ccc(F)cc2)c(OCc2ccccc2)cc1OCc1ccccc1. The van der Waals surface area contributed by atoms with Gasteiger partial charge in [-0.2, -0.15) is 0 Å². The van der Waals surface area contributed by atoms with Crippen molar-refractivity contribution in [3.8, 4) is 11.5 Å². The van der Waals surface area contributed by atoms with E-state index in [2.05, 4.69) is 19.2 Å². The van der Waals surface area contributed by atoms with Gasteiger partial charge in [-0.3, -0.25) is 4.79 Å². The van der Waals surface area contributed by atoms with E-state index in [1.54, 1.807) is 6.07 Å². The number of anilines is 1. The summed E-state index contributed by atoms with van der Waals surface area (Å²) in [5.41, 5.74) is 3.82. The van der Waals surface area contributed by atoms with Gasteiger partial charge >= 0.3 is 0 Å². The van der Waals surface area contributed by atoms with E-state index >= 15 is 0 Å². The maximum Gasteiger partial charge on any atom is 0.259 e. The van der Waals surface area contributed by atoms with Gasteiger partial charge in [0, 0.05) is 11.8 Å². The summed E-state index contributed by atoms with van der Waals surface area (Å²) in [5.74, 6) is 0.501. The fourth-order valence-corrected chi connectivity index (χ4v) is 3.65. The van der Waals surface area contributed by atoms with Crippen molar-refractivity contribution in [3.63, 3.8) is 0 Å². The molecule has 178 valence electrons. The van der Waals surface area contributed by atoms with Gasteiger partial charge in [-0.25, -0.2) is 4.39 Å². The van der Waals surface area contributed by atoms with Crippen LogP contribution >= 0.6 is 0 Å². The summed E-state index contributed by atoms with van der Waals surface area (Å²) in [7, 11) is 0. The number of ether oxygens (including phenoxy) is 2. The van der Waals surface area contributed by atoms with Crippen LogP contribution in [0.5, 0.6) is 11.5 Å². The van der Waals surface area contributed by atoms with Crippen LogP contribution in [-0.2, 0) is 13.2 Å². The third-order valence-corrected chi connectivity index (χ3v) is 5.56. The molecule has 0 bridgehead atoms. The topological polar surface area (TPSA) is 47.6 Å². The lowest BCUT2D eigenvalue weighted by Crippen LogP contribution is -2.15. The lowest BCUT2D eigenvalue weighted by Gasteiger charge is -2.19. The molecule has 0 radical (unpaired) electrons. The molecule has 0 fully saturated rings. The summed E-state index contributed by atoms with van der Waals surface area (Å²) in [6.07, 6.45) is 0. The van der Waals surface area contributed by atoms with Crippen molar-refractivity contribution in [2.75, 3.05) is 5.32 Å². The number of benzene rings is 4. The zero-order chi connectivity index (χ0) is 24.6. The molecule has 0 spiro atoms. The van der Waals surface area contributed by atoms with Gasteiger partial charge in [-0.1, -0.05) is 74.5 Å². The summed E-state index contributed by atoms with van der Waals surface area (Å²) in [4.78, 5) is 13.3. The Morgan fingerprint density at radius 3 is 1.86 bits per heavy atom.